The second kappa shape index (κ2) is 4.97. The number of nitrogens with zero attached hydrogens (tertiary/aromatic N) is 1. The normalized spacial score (nSPS) is 10.4. The van der Waals surface area contributed by atoms with Gasteiger partial charge >= 0.3 is 0 Å². The molecule has 0 atom stereocenters. The van der Waals surface area contributed by atoms with E-state index in [2.05, 4.69) is 15.3 Å². The third-order valence-corrected chi connectivity index (χ3v) is 2.86. The molecule has 3 aromatic rings. The molecule has 1 amide bonds. The highest BCUT2D eigenvalue weighted by Gasteiger charge is 2.06. The van der Waals surface area contributed by atoms with Gasteiger partial charge in [0.25, 0.3) is 5.91 Å². The Morgan fingerprint density at radius 1 is 1.00 bits per heavy atom. The topological polar surface area (TPSA) is 74.8 Å². The van der Waals surface area contributed by atoms with Crippen molar-refractivity contribution >= 4 is 22.8 Å². The van der Waals surface area contributed by atoms with Crippen molar-refractivity contribution in [3.63, 3.8) is 0 Å². The Hall–Kier alpha value is -2.95. The summed E-state index contributed by atoms with van der Waals surface area (Å²) in [5.74, 6) is 0.156. The minimum absolute atomic E-state index is 0.225. The number of fused-ring (bicyclic) bond motifs is 1. The van der Waals surface area contributed by atoms with Crippen molar-refractivity contribution in [3.05, 3.63) is 70.5 Å². The highest BCUT2D eigenvalue weighted by atomic mass is 16.1. The third-order valence-electron chi connectivity index (χ3n) is 2.86. The van der Waals surface area contributed by atoms with Gasteiger partial charge in [0.1, 0.15) is 11.5 Å². The van der Waals surface area contributed by atoms with Crippen LogP contribution in [-0.4, -0.2) is 15.9 Å². The molecule has 5 nitrogen and oxygen atoms in total. The summed E-state index contributed by atoms with van der Waals surface area (Å²) in [6.07, 6.45) is 0. The van der Waals surface area contributed by atoms with Crippen molar-refractivity contribution in [2.75, 3.05) is 5.32 Å². The van der Waals surface area contributed by atoms with E-state index in [1.807, 2.05) is 6.07 Å². The zero-order valence-corrected chi connectivity index (χ0v) is 10.5. The van der Waals surface area contributed by atoms with Gasteiger partial charge in [-0.25, -0.2) is 4.98 Å². The van der Waals surface area contributed by atoms with Crippen molar-refractivity contribution in [2.24, 2.45) is 0 Å². The van der Waals surface area contributed by atoms with Gasteiger partial charge in [0.15, 0.2) is 0 Å². The predicted molar refractivity (Wildman–Crippen MR) is 76.8 cm³/mol. The fourth-order valence-electron chi connectivity index (χ4n) is 1.88. The SMILES string of the molecule is O=C(Nc1ccc2ccc(=O)[nH]c2n1)c1ccccc1. The number of benzene rings is 1. The lowest BCUT2D eigenvalue weighted by Gasteiger charge is -2.05. The first kappa shape index (κ1) is 12.1. The Bertz CT molecular complexity index is 825. The fraction of sp³-hybridized carbons (Fsp3) is 0. The number of amides is 1. The van der Waals surface area contributed by atoms with Crippen molar-refractivity contribution in [1.29, 1.82) is 0 Å². The molecule has 0 radical (unpaired) electrons. The Labute approximate surface area is 114 Å². The minimum Gasteiger partial charge on any atom is -0.307 e. The minimum atomic E-state index is -0.240. The van der Waals surface area contributed by atoms with E-state index < -0.39 is 0 Å². The third kappa shape index (κ3) is 2.42. The van der Waals surface area contributed by atoms with E-state index in [-0.39, 0.29) is 11.5 Å². The van der Waals surface area contributed by atoms with E-state index in [9.17, 15) is 9.59 Å². The summed E-state index contributed by atoms with van der Waals surface area (Å²) < 4.78 is 0. The monoisotopic (exact) mass is 265 g/mol. The summed E-state index contributed by atoms with van der Waals surface area (Å²) in [7, 11) is 0. The molecule has 2 heterocycles. The quantitative estimate of drug-likeness (QED) is 0.745. The smallest absolute Gasteiger partial charge is 0.256 e. The lowest BCUT2D eigenvalue weighted by molar-refractivity contribution is 0.102. The van der Waals surface area contributed by atoms with Crippen LogP contribution in [0.15, 0.2) is 59.4 Å². The highest BCUT2D eigenvalue weighted by molar-refractivity contribution is 6.04. The number of anilines is 1. The van der Waals surface area contributed by atoms with Gasteiger partial charge in [0.05, 0.1) is 0 Å². The molecule has 1 aromatic carbocycles. The average molecular weight is 265 g/mol. The first-order valence-electron chi connectivity index (χ1n) is 6.09. The molecule has 0 unspecified atom stereocenters. The van der Waals surface area contributed by atoms with Gasteiger partial charge in [-0.3, -0.25) is 9.59 Å². The van der Waals surface area contributed by atoms with E-state index >= 15 is 0 Å². The van der Waals surface area contributed by atoms with Gasteiger partial charge in [0.2, 0.25) is 5.56 Å². The largest absolute Gasteiger partial charge is 0.307 e. The number of nitrogens with one attached hydrogen (secondary N) is 2. The molecule has 0 saturated heterocycles. The number of rotatable bonds is 2. The van der Waals surface area contributed by atoms with E-state index in [0.29, 0.717) is 17.0 Å². The van der Waals surface area contributed by atoms with Gasteiger partial charge in [-0.2, -0.15) is 0 Å². The lowest BCUT2D eigenvalue weighted by Crippen LogP contribution is -2.13. The number of carbonyl (C=O) groups is 1. The summed E-state index contributed by atoms with van der Waals surface area (Å²) in [6.45, 7) is 0. The molecule has 20 heavy (non-hydrogen) atoms. The summed E-state index contributed by atoms with van der Waals surface area (Å²) in [6, 6.07) is 15.5. The van der Waals surface area contributed by atoms with Crippen LogP contribution in [0.25, 0.3) is 11.0 Å². The molecule has 98 valence electrons. The lowest BCUT2D eigenvalue weighted by atomic mass is 10.2. The van der Waals surface area contributed by atoms with Crippen LogP contribution in [0.3, 0.4) is 0 Å². The van der Waals surface area contributed by atoms with Crippen molar-refractivity contribution in [2.45, 2.75) is 0 Å². The molecule has 3 rings (SSSR count). The maximum absolute atomic E-state index is 12.0. The molecule has 0 spiro atoms. The molecule has 0 fully saturated rings. The summed E-state index contributed by atoms with van der Waals surface area (Å²) in [4.78, 5) is 30.1. The van der Waals surface area contributed by atoms with Crippen LogP contribution >= 0.6 is 0 Å². The van der Waals surface area contributed by atoms with Gasteiger partial charge in [-0.15, -0.1) is 0 Å². The summed E-state index contributed by atoms with van der Waals surface area (Å²) in [5, 5.41) is 3.51. The zero-order chi connectivity index (χ0) is 13.9. The molecule has 0 aliphatic heterocycles. The van der Waals surface area contributed by atoms with Gasteiger partial charge in [-0.05, 0) is 30.3 Å². The second-order valence-corrected chi connectivity index (χ2v) is 4.28. The fourth-order valence-corrected chi connectivity index (χ4v) is 1.88. The van der Waals surface area contributed by atoms with Gasteiger partial charge < -0.3 is 10.3 Å². The first-order chi connectivity index (χ1) is 9.72. The molecule has 2 aromatic heterocycles. The van der Waals surface area contributed by atoms with Crippen LogP contribution in [0, 0.1) is 0 Å². The molecule has 0 aliphatic carbocycles. The number of H-pyrrole nitrogens is 1. The number of pyridine rings is 2. The van der Waals surface area contributed by atoms with E-state index in [4.69, 9.17) is 0 Å². The van der Waals surface area contributed by atoms with E-state index in [1.54, 1.807) is 42.5 Å². The highest BCUT2D eigenvalue weighted by Crippen LogP contribution is 2.12. The predicted octanol–water partition coefficient (Wildman–Crippen LogP) is 2.18. The van der Waals surface area contributed by atoms with Crippen LogP contribution in [0.5, 0.6) is 0 Å². The van der Waals surface area contributed by atoms with Crippen LogP contribution in [-0.2, 0) is 0 Å². The Morgan fingerprint density at radius 3 is 2.55 bits per heavy atom. The van der Waals surface area contributed by atoms with E-state index in [1.165, 1.54) is 6.07 Å². The molecule has 0 saturated carbocycles. The van der Waals surface area contributed by atoms with Crippen molar-refractivity contribution in [1.82, 2.24) is 9.97 Å². The average Bonchev–Trinajstić information content (AvgIpc) is 2.47. The maximum atomic E-state index is 12.0. The van der Waals surface area contributed by atoms with Crippen LogP contribution < -0.4 is 10.9 Å². The van der Waals surface area contributed by atoms with Crippen molar-refractivity contribution < 1.29 is 4.79 Å². The number of aromatic nitrogens is 2. The molecule has 0 bridgehead atoms. The number of hydrogen-bond donors (Lipinski definition) is 2. The Balaban J connectivity index is 1.91. The maximum Gasteiger partial charge on any atom is 0.256 e. The molecular weight excluding hydrogens is 254 g/mol. The standard InChI is InChI=1S/C15H11N3O2/c19-13-9-7-10-6-8-12(16-14(10)18-13)17-15(20)11-4-2-1-3-5-11/h1-9H,(H2,16,17,18,19,20). The van der Waals surface area contributed by atoms with Crippen LogP contribution in [0.2, 0.25) is 0 Å². The van der Waals surface area contributed by atoms with Gasteiger partial charge in [-0.1, -0.05) is 18.2 Å². The zero-order valence-electron chi connectivity index (χ0n) is 10.5. The van der Waals surface area contributed by atoms with Crippen molar-refractivity contribution in [3.8, 4) is 0 Å². The Morgan fingerprint density at radius 2 is 1.75 bits per heavy atom. The molecule has 5 heteroatoms. The molecular formula is C15H11N3O2. The number of carbonyl (C=O) groups excluding carboxylic acids is 1. The summed E-state index contributed by atoms with van der Waals surface area (Å²) in [5.41, 5.74) is 0.774. The summed E-state index contributed by atoms with van der Waals surface area (Å²) >= 11 is 0. The second-order valence-electron chi connectivity index (χ2n) is 4.28. The molecule has 2 N–H and O–H groups in total. The van der Waals surface area contributed by atoms with E-state index in [0.717, 1.165) is 5.39 Å². The Kier molecular flexibility index (Phi) is 3.01. The van der Waals surface area contributed by atoms with Crippen LogP contribution in [0.1, 0.15) is 10.4 Å². The van der Waals surface area contributed by atoms with Gasteiger partial charge in [0, 0.05) is 17.0 Å². The molecule has 0 aliphatic rings. The van der Waals surface area contributed by atoms with Crippen LogP contribution in [0.4, 0.5) is 5.82 Å². The number of aromatic amines is 1. The first-order valence-corrected chi connectivity index (χ1v) is 6.09. The number of hydrogen-bond acceptors (Lipinski definition) is 3.